The Bertz CT molecular complexity index is 838. The molecule has 0 saturated heterocycles. The molecule has 2 aromatic carbocycles. The maximum atomic E-state index is 11.8. The molecule has 1 N–H and O–H groups in total. The molecule has 0 aliphatic heterocycles. The molecule has 3 rings (SSSR count). The molecule has 5 heteroatoms. The van der Waals surface area contributed by atoms with E-state index < -0.39 is 0 Å². The van der Waals surface area contributed by atoms with E-state index >= 15 is 0 Å². The number of imidazole rings is 1. The van der Waals surface area contributed by atoms with Gasteiger partial charge in [-0.25, -0.2) is 9.78 Å². The average Bonchev–Trinajstić information content (AvgIpc) is 3.14. The van der Waals surface area contributed by atoms with Crippen molar-refractivity contribution in [3.8, 4) is 0 Å². The van der Waals surface area contributed by atoms with E-state index in [0.717, 1.165) is 23.2 Å². The zero-order valence-corrected chi connectivity index (χ0v) is 14.2. The molecule has 4 nitrogen and oxygen atoms in total. The molecular formula is C20H17ClN2O2. The Morgan fingerprint density at radius 2 is 1.80 bits per heavy atom. The van der Waals surface area contributed by atoms with Gasteiger partial charge in [-0.1, -0.05) is 48.0 Å². The lowest BCUT2D eigenvalue weighted by molar-refractivity contribution is -0.138. The van der Waals surface area contributed by atoms with Crippen LogP contribution in [0.3, 0.4) is 0 Å². The lowest BCUT2D eigenvalue weighted by atomic mass is 10.1. The van der Waals surface area contributed by atoms with E-state index in [1.165, 1.54) is 11.6 Å². The molecule has 1 heterocycles. The van der Waals surface area contributed by atoms with Gasteiger partial charge in [-0.3, -0.25) is 0 Å². The van der Waals surface area contributed by atoms with Crippen LogP contribution in [0.1, 0.15) is 22.4 Å². The van der Waals surface area contributed by atoms with E-state index in [1.807, 2.05) is 42.6 Å². The Morgan fingerprint density at radius 3 is 2.48 bits per heavy atom. The van der Waals surface area contributed by atoms with Gasteiger partial charge >= 0.3 is 5.97 Å². The second-order valence-electron chi connectivity index (χ2n) is 5.56. The molecule has 25 heavy (non-hydrogen) atoms. The molecule has 0 spiro atoms. The number of benzene rings is 2. The normalized spacial score (nSPS) is 10.9. The minimum atomic E-state index is -0.378. The van der Waals surface area contributed by atoms with Crippen LogP contribution >= 0.6 is 11.6 Å². The fourth-order valence-electron chi connectivity index (χ4n) is 2.30. The Labute approximate surface area is 151 Å². The van der Waals surface area contributed by atoms with Crippen LogP contribution in [0, 0.1) is 0 Å². The summed E-state index contributed by atoms with van der Waals surface area (Å²) in [6.45, 7) is 0.226. The van der Waals surface area contributed by atoms with Crippen LogP contribution in [-0.2, 0) is 22.6 Å². The SMILES string of the molecule is O=C(C=Cc1ccc(Cc2cnc[nH]2)cc1)OCc1ccc(Cl)cc1. The number of esters is 1. The zero-order chi connectivity index (χ0) is 17.5. The lowest BCUT2D eigenvalue weighted by Crippen LogP contribution is -2.00. The smallest absolute Gasteiger partial charge is 0.331 e. The minimum Gasteiger partial charge on any atom is -0.458 e. The van der Waals surface area contributed by atoms with Gasteiger partial charge in [0.1, 0.15) is 6.61 Å². The van der Waals surface area contributed by atoms with Crippen molar-refractivity contribution >= 4 is 23.6 Å². The van der Waals surface area contributed by atoms with Gasteiger partial charge in [0.15, 0.2) is 0 Å². The number of nitrogens with zero attached hydrogens (tertiary/aromatic N) is 1. The highest BCUT2D eigenvalue weighted by Gasteiger charge is 2.00. The number of aromatic nitrogens is 2. The summed E-state index contributed by atoms with van der Waals surface area (Å²) >= 11 is 5.82. The van der Waals surface area contributed by atoms with Crippen molar-refractivity contribution in [3.63, 3.8) is 0 Å². The third-order valence-corrected chi connectivity index (χ3v) is 3.89. The molecule has 0 fully saturated rings. The monoisotopic (exact) mass is 352 g/mol. The predicted molar refractivity (Wildman–Crippen MR) is 98.1 cm³/mol. The van der Waals surface area contributed by atoms with Crippen LogP contribution in [0.5, 0.6) is 0 Å². The van der Waals surface area contributed by atoms with E-state index in [-0.39, 0.29) is 12.6 Å². The lowest BCUT2D eigenvalue weighted by Gasteiger charge is -2.02. The number of rotatable bonds is 6. The third kappa shape index (κ3) is 5.33. The van der Waals surface area contributed by atoms with Crippen molar-refractivity contribution < 1.29 is 9.53 Å². The Kier molecular flexibility index (Phi) is 5.65. The number of hydrogen-bond donors (Lipinski definition) is 1. The summed E-state index contributed by atoms with van der Waals surface area (Å²) in [5.41, 5.74) is 4.08. The topological polar surface area (TPSA) is 55.0 Å². The molecule has 0 amide bonds. The molecule has 0 aliphatic carbocycles. The number of H-pyrrole nitrogens is 1. The van der Waals surface area contributed by atoms with Crippen LogP contribution in [0.25, 0.3) is 6.08 Å². The molecule has 0 saturated carbocycles. The van der Waals surface area contributed by atoms with E-state index in [0.29, 0.717) is 5.02 Å². The number of nitrogens with one attached hydrogen (secondary N) is 1. The fraction of sp³-hybridized carbons (Fsp3) is 0.100. The van der Waals surface area contributed by atoms with Crippen LogP contribution in [0.4, 0.5) is 0 Å². The van der Waals surface area contributed by atoms with E-state index in [1.54, 1.807) is 24.5 Å². The first-order valence-corrected chi connectivity index (χ1v) is 8.22. The van der Waals surface area contributed by atoms with Crippen LogP contribution in [0.2, 0.25) is 5.02 Å². The Balaban J connectivity index is 1.50. The summed E-state index contributed by atoms with van der Waals surface area (Å²) in [5.74, 6) is -0.378. The molecule has 0 bridgehead atoms. The van der Waals surface area contributed by atoms with E-state index in [9.17, 15) is 4.79 Å². The number of hydrogen-bond acceptors (Lipinski definition) is 3. The van der Waals surface area contributed by atoms with Gasteiger partial charge in [0.25, 0.3) is 0 Å². The summed E-state index contributed by atoms with van der Waals surface area (Å²) < 4.78 is 5.20. The van der Waals surface area contributed by atoms with Crippen LogP contribution in [0.15, 0.2) is 67.1 Å². The fourth-order valence-corrected chi connectivity index (χ4v) is 2.42. The quantitative estimate of drug-likeness (QED) is 0.528. The zero-order valence-electron chi connectivity index (χ0n) is 13.5. The van der Waals surface area contributed by atoms with Gasteiger partial charge in [-0.15, -0.1) is 0 Å². The maximum absolute atomic E-state index is 11.8. The summed E-state index contributed by atoms with van der Waals surface area (Å²) in [5, 5.41) is 0.658. The largest absolute Gasteiger partial charge is 0.458 e. The standard InChI is InChI=1S/C20H17ClN2O2/c21-18-8-5-17(6-9-18)13-25-20(24)10-7-15-1-3-16(4-2-15)11-19-12-22-14-23-19/h1-10,12,14H,11,13H2,(H,22,23). The molecular weight excluding hydrogens is 336 g/mol. The van der Waals surface area contributed by atoms with Crippen molar-refractivity contribution in [2.75, 3.05) is 0 Å². The van der Waals surface area contributed by atoms with Gasteiger partial charge in [-0.2, -0.15) is 0 Å². The highest BCUT2D eigenvalue weighted by atomic mass is 35.5. The Morgan fingerprint density at radius 1 is 1.08 bits per heavy atom. The second-order valence-corrected chi connectivity index (χ2v) is 6.00. The van der Waals surface area contributed by atoms with Gasteiger partial charge in [0.05, 0.1) is 6.33 Å². The van der Waals surface area contributed by atoms with Crippen molar-refractivity contribution in [2.45, 2.75) is 13.0 Å². The molecule has 3 aromatic rings. The molecule has 0 aliphatic rings. The first-order valence-electron chi connectivity index (χ1n) is 7.84. The number of halogens is 1. The van der Waals surface area contributed by atoms with E-state index in [4.69, 9.17) is 16.3 Å². The van der Waals surface area contributed by atoms with Crippen LogP contribution < -0.4 is 0 Å². The molecule has 126 valence electrons. The van der Waals surface area contributed by atoms with Gasteiger partial charge in [-0.05, 0) is 34.9 Å². The third-order valence-electron chi connectivity index (χ3n) is 3.64. The average molecular weight is 353 g/mol. The number of carbonyl (C=O) groups excluding carboxylic acids is 1. The van der Waals surface area contributed by atoms with Gasteiger partial charge < -0.3 is 9.72 Å². The highest BCUT2D eigenvalue weighted by molar-refractivity contribution is 6.30. The van der Waals surface area contributed by atoms with Crippen molar-refractivity contribution in [3.05, 3.63) is 94.5 Å². The maximum Gasteiger partial charge on any atom is 0.331 e. The van der Waals surface area contributed by atoms with Gasteiger partial charge in [0, 0.05) is 29.4 Å². The minimum absolute atomic E-state index is 0.226. The van der Waals surface area contributed by atoms with E-state index in [2.05, 4.69) is 9.97 Å². The van der Waals surface area contributed by atoms with Crippen molar-refractivity contribution in [1.29, 1.82) is 0 Å². The number of carbonyl (C=O) groups is 1. The van der Waals surface area contributed by atoms with Crippen molar-refractivity contribution in [2.24, 2.45) is 0 Å². The highest BCUT2D eigenvalue weighted by Crippen LogP contribution is 2.12. The number of ether oxygens (including phenoxy) is 1. The molecule has 1 aromatic heterocycles. The molecule has 0 atom stereocenters. The summed E-state index contributed by atoms with van der Waals surface area (Å²) in [6, 6.07) is 15.2. The molecule has 0 unspecified atom stereocenters. The first kappa shape index (κ1) is 17.0. The Hall–Kier alpha value is -2.85. The summed E-state index contributed by atoms with van der Waals surface area (Å²) in [6.07, 6.45) is 7.45. The number of aromatic amines is 1. The van der Waals surface area contributed by atoms with Gasteiger partial charge in [0.2, 0.25) is 0 Å². The van der Waals surface area contributed by atoms with Crippen molar-refractivity contribution in [1.82, 2.24) is 9.97 Å². The summed E-state index contributed by atoms with van der Waals surface area (Å²) in [7, 11) is 0. The summed E-state index contributed by atoms with van der Waals surface area (Å²) in [4.78, 5) is 18.9. The molecule has 0 radical (unpaired) electrons. The second kappa shape index (κ2) is 8.31. The van der Waals surface area contributed by atoms with Crippen LogP contribution in [-0.4, -0.2) is 15.9 Å². The first-order chi connectivity index (χ1) is 12.2. The predicted octanol–water partition coefficient (Wildman–Crippen LogP) is 4.41.